The minimum absolute atomic E-state index is 0.0436. The van der Waals surface area contributed by atoms with Gasteiger partial charge in [-0.1, -0.05) is 28.1 Å². The fraction of sp³-hybridized carbons (Fsp3) is 0.375. The van der Waals surface area contributed by atoms with Gasteiger partial charge in [-0.15, -0.1) is 0 Å². The Hall–Kier alpha value is -1.46. The molecule has 1 aliphatic rings. The van der Waals surface area contributed by atoms with Gasteiger partial charge >= 0.3 is 0 Å². The van der Waals surface area contributed by atoms with Crippen molar-refractivity contribution in [3.8, 4) is 0 Å². The van der Waals surface area contributed by atoms with Gasteiger partial charge in [-0.2, -0.15) is 0 Å². The molecule has 0 aliphatic carbocycles. The van der Waals surface area contributed by atoms with Gasteiger partial charge in [-0.25, -0.2) is 4.98 Å². The smallest absolute Gasteiger partial charge is 0.263 e. The molecule has 1 aromatic carbocycles. The van der Waals surface area contributed by atoms with Gasteiger partial charge in [0, 0.05) is 16.9 Å². The Balaban J connectivity index is 1.54. The second kappa shape index (κ2) is 6.54. The zero-order valence-corrected chi connectivity index (χ0v) is 13.3. The topological polar surface area (TPSA) is 46.3 Å². The van der Waals surface area contributed by atoms with Gasteiger partial charge in [0.05, 0.1) is 6.20 Å². The quantitative estimate of drug-likeness (QED) is 0.793. The number of piperidine rings is 1. The number of oxazole rings is 1. The molecule has 3 rings (SSSR count). The summed E-state index contributed by atoms with van der Waals surface area (Å²) in [6.07, 6.45) is 4.72. The fourth-order valence-corrected chi connectivity index (χ4v) is 3.21. The van der Waals surface area contributed by atoms with Crippen molar-refractivity contribution < 1.29 is 9.21 Å². The monoisotopic (exact) mass is 348 g/mol. The number of nitrogens with zero attached hydrogens (tertiary/aromatic N) is 2. The number of benzene rings is 1. The van der Waals surface area contributed by atoms with Gasteiger partial charge in [0.25, 0.3) is 5.89 Å². The summed E-state index contributed by atoms with van der Waals surface area (Å²) in [7, 11) is 0. The highest BCUT2D eigenvalue weighted by Crippen LogP contribution is 2.23. The fourth-order valence-electron chi connectivity index (χ4n) is 2.77. The van der Waals surface area contributed by atoms with Crippen molar-refractivity contribution in [1.29, 1.82) is 0 Å². The van der Waals surface area contributed by atoms with Crippen LogP contribution in [0.3, 0.4) is 0 Å². The summed E-state index contributed by atoms with van der Waals surface area (Å²) in [6, 6.07) is 8.36. The first-order valence-electron chi connectivity index (χ1n) is 7.13. The maximum absolute atomic E-state index is 12.2. The normalized spacial score (nSPS) is 17.0. The molecule has 4 nitrogen and oxygen atoms in total. The van der Waals surface area contributed by atoms with Gasteiger partial charge in [0.1, 0.15) is 6.26 Å². The molecular weight excluding hydrogens is 332 g/mol. The van der Waals surface area contributed by atoms with E-state index in [4.69, 9.17) is 4.42 Å². The lowest BCUT2D eigenvalue weighted by atomic mass is 9.92. The molecule has 1 aromatic heterocycles. The molecule has 110 valence electrons. The van der Waals surface area contributed by atoms with E-state index in [1.165, 1.54) is 18.0 Å². The third-order valence-electron chi connectivity index (χ3n) is 3.90. The molecule has 0 spiro atoms. The van der Waals surface area contributed by atoms with Crippen LogP contribution in [0.25, 0.3) is 0 Å². The minimum Gasteiger partial charge on any atom is -0.442 e. The van der Waals surface area contributed by atoms with Gasteiger partial charge in [0.2, 0.25) is 5.78 Å². The molecule has 0 saturated carbocycles. The molecule has 0 atom stereocenters. The second-order valence-electron chi connectivity index (χ2n) is 5.38. The van der Waals surface area contributed by atoms with Crippen LogP contribution in [0.2, 0.25) is 0 Å². The standard InChI is InChI=1S/C16H17BrN2O2/c17-14-3-1-2-12(10-14)11-19-7-4-13(5-8-19)15(20)16-18-6-9-21-16/h1-3,6,9-10,13H,4-5,7-8,11H2. The number of rotatable bonds is 4. The predicted octanol–water partition coefficient (Wildman–Crippen LogP) is 3.53. The molecule has 0 unspecified atom stereocenters. The minimum atomic E-state index is 0.0436. The average Bonchev–Trinajstić information content (AvgIpc) is 3.01. The van der Waals surface area contributed by atoms with Crippen LogP contribution in [0.1, 0.15) is 29.1 Å². The Morgan fingerprint density at radius 2 is 2.19 bits per heavy atom. The molecule has 1 aliphatic heterocycles. The summed E-state index contributed by atoms with van der Waals surface area (Å²) in [6.45, 7) is 2.80. The van der Waals surface area contributed by atoms with Crippen LogP contribution >= 0.6 is 15.9 Å². The SMILES string of the molecule is O=C(c1ncco1)C1CCN(Cc2cccc(Br)c2)CC1. The number of aromatic nitrogens is 1. The van der Waals surface area contributed by atoms with E-state index in [9.17, 15) is 4.79 Å². The first kappa shape index (κ1) is 14.5. The molecule has 1 saturated heterocycles. The van der Waals surface area contributed by atoms with Crippen LogP contribution in [0.4, 0.5) is 0 Å². The molecule has 1 fully saturated rings. The van der Waals surface area contributed by atoms with Crippen molar-refractivity contribution >= 4 is 21.7 Å². The molecule has 0 amide bonds. The lowest BCUT2D eigenvalue weighted by Gasteiger charge is -2.30. The van der Waals surface area contributed by atoms with E-state index in [1.807, 2.05) is 6.07 Å². The van der Waals surface area contributed by atoms with Crippen molar-refractivity contribution in [2.24, 2.45) is 5.92 Å². The number of hydrogen-bond donors (Lipinski definition) is 0. The average molecular weight is 349 g/mol. The highest BCUT2D eigenvalue weighted by Gasteiger charge is 2.28. The van der Waals surface area contributed by atoms with Crippen molar-refractivity contribution in [1.82, 2.24) is 9.88 Å². The number of halogens is 1. The first-order valence-corrected chi connectivity index (χ1v) is 7.92. The number of hydrogen-bond acceptors (Lipinski definition) is 4. The molecule has 2 aromatic rings. The third kappa shape index (κ3) is 3.60. The van der Waals surface area contributed by atoms with Gasteiger partial charge in [-0.3, -0.25) is 9.69 Å². The maximum Gasteiger partial charge on any atom is 0.263 e. The van der Waals surface area contributed by atoms with Crippen LogP contribution in [0, 0.1) is 5.92 Å². The summed E-state index contributed by atoms with van der Waals surface area (Å²) in [5.41, 5.74) is 1.29. The molecule has 0 radical (unpaired) electrons. The summed E-state index contributed by atoms with van der Waals surface area (Å²) >= 11 is 3.50. The van der Waals surface area contributed by atoms with Crippen LogP contribution in [0.15, 0.2) is 45.6 Å². The Bertz CT molecular complexity index is 604. The lowest BCUT2D eigenvalue weighted by Crippen LogP contribution is -2.36. The Morgan fingerprint density at radius 1 is 1.38 bits per heavy atom. The third-order valence-corrected chi connectivity index (χ3v) is 4.39. The summed E-state index contributed by atoms with van der Waals surface area (Å²) in [5.74, 6) is 0.338. The van der Waals surface area contributed by atoms with E-state index >= 15 is 0 Å². The van der Waals surface area contributed by atoms with Crippen LogP contribution in [-0.2, 0) is 6.54 Å². The molecule has 5 heteroatoms. The lowest BCUT2D eigenvalue weighted by molar-refractivity contribution is 0.0799. The van der Waals surface area contributed by atoms with E-state index in [0.29, 0.717) is 0 Å². The van der Waals surface area contributed by atoms with E-state index in [2.05, 4.69) is 44.0 Å². The Kier molecular flexibility index (Phi) is 4.51. The van der Waals surface area contributed by atoms with Crippen LogP contribution in [-0.4, -0.2) is 28.8 Å². The largest absolute Gasteiger partial charge is 0.442 e. The van der Waals surface area contributed by atoms with E-state index in [0.717, 1.165) is 36.9 Å². The molecule has 2 heterocycles. The number of likely N-dealkylation sites (tertiary alicyclic amines) is 1. The molecule has 0 bridgehead atoms. The van der Waals surface area contributed by atoms with Crippen molar-refractivity contribution in [3.05, 3.63) is 52.7 Å². The highest BCUT2D eigenvalue weighted by molar-refractivity contribution is 9.10. The van der Waals surface area contributed by atoms with E-state index in [-0.39, 0.29) is 17.6 Å². The van der Waals surface area contributed by atoms with Crippen molar-refractivity contribution in [2.75, 3.05) is 13.1 Å². The Labute approximate surface area is 132 Å². The van der Waals surface area contributed by atoms with Crippen molar-refractivity contribution in [2.45, 2.75) is 19.4 Å². The predicted molar refractivity (Wildman–Crippen MR) is 83.0 cm³/mol. The Morgan fingerprint density at radius 3 is 2.86 bits per heavy atom. The second-order valence-corrected chi connectivity index (χ2v) is 6.30. The number of carbonyl (C=O) groups is 1. The summed E-state index contributed by atoms with van der Waals surface area (Å²) in [4.78, 5) is 18.5. The van der Waals surface area contributed by atoms with Crippen LogP contribution in [0.5, 0.6) is 0 Å². The number of carbonyl (C=O) groups excluding carboxylic acids is 1. The van der Waals surface area contributed by atoms with Gasteiger partial charge in [0.15, 0.2) is 0 Å². The number of ketones is 1. The van der Waals surface area contributed by atoms with Gasteiger partial charge in [-0.05, 0) is 43.6 Å². The summed E-state index contributed by atoms with van der Waals surface area (Å²) < 4.78 is 6.21. The first-order chi connectivity index (χ1) is 10.2. The highest BCUT2D eigenvalue weighted by atomic mass is 79.9. The maximum atomic E-state index is 12.2. The molecule has 0 N–H and O–H groups in total. The molecular formula is C16H17BrN2O2. The van der Waals surface area contributed by atoms with Crippen LogP contribution < -0.4 is 0 Å². The van der Waals surface area contributed by atoms with Gasteiger partial charge < -0.3 is 4.42 Å². The zero-order valence-electron chi connectivity index (χ0n) is 11.7. The summed E-state index contributed by atoms with van der Waals surface area (Å²) in [5, 5.41) is 0. The zero-order chi connectivity index (χ0) is 14.7. The van der Waals surface area contributed by atoms with Crippen molar-refractivity contribution in [3.63, 3.8) is 0 Å². The molecule has 21 heavy (non-hydrogen) atoms. The van der Waals surface area contributed by atoms with E-state index < -0.39 is 0 Å². The number of Topliss-reactive ketones (excluding diaryl/α,β-unsaturated/α-hetero) is 1. The van der Waals surface area contributed by atoms with E-state index in [1.54, 1.807) is 0 Å².